The van der Waals surface area contributed by atoms with E-state index < -0.39 is 20.0 Å². The van der Waals surface area contributed by atoms with Crippen LogP contribution in [0.2, 0.25) is 0 Å². The van der Waals surface area contributed by atoms with Crippen LogP contribution in [0.1, 0.15) is 0 Å². The largest absolute Gasteiger partial charge is 0.492 e. The van der Waals surface area contributed by atoms with Crippen LogP contribution in [0.5, 0.6) is 5.75 Å². The van der Waals surface area contributed by atoms with Gasteiger partial charge in [0.25, 0.3) is 21.5 Å². The number of ether oxygens (including phenoxy) is 1. The molecule has 0 unspecified atom stereocenters. The Morgan fingerprint density at radius 3 is 2.09 bits per heavy atom. The summed E-state index contributed by atoms with van der Waals surface area (Å²) < 4.78 is 37.2. The van der Waals surface area contributed by atoms with E-state index in [0.717, 1.165) is 0 Å². The lowest BCUT2D eigenvalue weighted by Gasteiger charge is -2.05. The first-order chi connectivity index (χ1) is 16.6. The molecule has 1 aromatic heterocycles. The smallest absolute Gasteiger partial charge is 0.340 e. The van der Waals surface area contributed by atoms with Gasteiger partial charge in [-0.05, 0) is 46.3 Å². The summed E-state index contributed by atoms with van der Waals surface area (Å²) in [5.41, 5.74) is 0.657. The third-order valence-corrected chi connectivity index (χ3v) is 5.72. The van der Waals surface area contributed by atoms with Crippen molar-refractivity contribution in [2.24, 2.45) is 0 Å². The Hall–Kier alpha value is -4.76. The zero-order valence-corrected chi connectivity index (χ0v) is 18.6. The fourth-order valence-electron chi connectivity index (χ4n) is 3.15. The van der Waals surface area contributed by atoms with E-state index in [1.54, 1.807) is 0 Å². The van der Waals surface area contributed by atoms with Gasteiger partial charge in [-0.25, -0.2) is 0 Å². The van der Waals surface area contributed by atoms with Crippen molar-refractivity contribution in [3.8, 4) is 28.5 Å². The first kappa shape index (κ1) is 23.4. The minimum Gasteiger partial charge on any atom is -0.492 e. The van der Waals surface area contributed by atoms with Gasteiger partial charge in [0.05, 0.1) is 38.6 Å². The Bertz CT molecular complexity index is 1550. The van der Waals surface area contributed by atoms with E-state index in [-0.39, 0.29) is 33.5 Å². The molecule has 4 aromatic rings. The number of tetrazole rings is 1. The van der Waals surface area contributed by atoms with Gasteiger partial charge < -0.3 is 4.74 Å². The quantitative estimate of drug-likeness (QED) is 0.171. The maximum atomic E-state index is 11.3. The summed E-state index contributed by atoms with van der Waals surface area (Å²) in [5.74, 6) is 0.221. The Morgan fingerprint density at radius 2 is 1.54 bits per heavy atom. The minimum atomic E-state index is -4.40. The van der Waals surface area contributed by atoms with Crippen LogP contribution in [0.3, 0.4) is 0 Å². The summed E-state index contributed by atoms with van der Waals surface area (Å²) in [6.45, 7) is 0. The van der Waals surface area contributed by atoms with Gasteiger partial charge in [-0.1, -0.05) is 0 Å². The number of nitro groups is 2. The fraction of sp³-hybridized carbons (Fsp3) is 0.0500. The highest BCUT2D eigenvalue weighted by Gasteiger charge is 2.28. The number of aromatic nitrogens is 4. The zero-order chi connectivity index (χ0) is 25.3. The molecule has 178 valence electrons. The van der Waals surface area contributed by atoms with E-state index in [2.05, 4.69) is 10.2 Å². The van der Waals surface area contributed by atoms with Gasteiger partial charge in [-0.3, -0.25) is 24.8 Å². The van der Waals surface area contributed by atoms with Gasteiger partial charge in [0.1, 0.15) is 5.69 Å². The lowest BCUT2D eigenvalue weighted by molar-refractivity contribution is -0.734. The highest BCUT2D eigenvalue weighted by Crippen LogP contribution is 2.26. The van der Waals surface area contributed by atoms with Crippen molar-refractivity contribution in [3.05, 3.63) is 87.0 Å². The molecule has 3 aromatic carbocycles. The number of nitrogens with zero attached hydrogens (tertiary/aromatic N) is 6. The number of benzene rings is 3. The lowest BCUT2D eigenvalue weighted by atomic mass is 10.2. The summed E-state index contributed by atoms with van der Waals surface area (Å²) in [6.07, 6.45) is 0. The van der Waals surface area contributed by atoms with E-state index in [9.17, 15) is 33.2 Å². The average Bonchev–Trinajstić information content (AvgIpc) is 3.28. The molecule has 0 saturated carbocycles. The number of non-ortho nitro benzene ring substituents is 2. The van der Waals surface area contributed by atoms with Crippen molar-refractivity contribution in [1.29, 1.82) is 0 Å². The predicted octanol–water partition coefficient (Wildman–Crippen LogP) is 2.28. The first-order valence-electron chi connectivity index (χ1n) is 9.64. The van der Waals surface area contributed by atoms with Crippen LogP contribution in [-0.2, 0) is 10.1 Å². The molecule has 1 N–H and O–H groups in total. The molecule has 14 nitrogen and oxygen atoms in total. The molecule has 0 atom stereocenters. The Labute approximate surface area is 196 Å². The molecule has 0 spiro atoms. The minimum absolute atomic E-state index is 0.105. The van der Waals surface area contributed by atoms with Crippen molar-refractivity contribution < 1.29 is 32.4 Å². The second-order valence-corrected chi connectivity index (χ2v) is 8.41. The lowest BCUT2D eigenvalue weighted by Crippen LogP contribution is -2.43. The normalized spacial score (nSPS) is 11.3. The molecule has 0 amide bonds. The van der Waals surface area contributed by atoms with Crippen LogP contribution in [0.25, 0.3) is 22.8 Å². The average molecular weight is 499 g/mol. The third kappa shape index (κ3) is 4.66. The maximum absolute atomic E-state index is 11.3. The van der Waals surface area contributed by atoms with Crippen molar-refractivity contribution >= 4 is 21.5 Å². The molecule has 0 aliphatic heterocycles. The standard InChI is InChI=1S/C20H14N6O8S/c1-34-19-12-16(26(29)30)8-11-18(19)24-22-20(13-2-9-17(10-3-13)35(31,32)33)21-23(24)14-4-6-15(7-5-14)25(27)28/h2-12H,1H3/p+1. The predicted molar refractivity (Wildman–Crippen MR) is 118 cm³/mol. The number of methoxy groups -OCH3 is 1. The summed E-state index contributed by atoms with van der Waals surface area (Å²) in [6, 6.07) is 14.4. The third-order valence-electron chi connectivity index (χ3n) is 4.85. The second kappa shape index (κ2) is 8.88. The molecule has 4 rings (SSSR count). The zero-order valence-electron chi connectivity index (χ0n) is 17.7. The molecular weight excluding hydrogens is 484 g/mol. The number of hydrogen-bond donors (Lipinski definition) is 1. The van der Waals surface area contributed by atoms with Crippen molar-refractivity contribution in [1.82, 2.24) is 15.0 Å². The van der Waals surface area contributed by atoms with Crippen LogP contribution in [0.4, 0.5) is 11.4 Å². The molecule has 1 heterocycles. The summed E-state index contributed by atoms with van der Waals surface area (Å²) >= 11 is 0. The molecule has 0 fully saturated rings. The molecule has 35 heavy (non-hydrogen) atoms. The maximum Gasteiger partial charge on any atom is 0.340 e. The Morgan fingerprint density at radius 1 is 0.943 bits per heavy atom. The monoisotopic (exact) mass is 499 g/mol. The highest BCUT2D eigenvalue weighted by molar-refractivity contribution is 7.85. The van der Waals surface area contributed by atoms with Crippen LogP contribution in [0.15, 0.2) is 71.6 Å². The number of nitro benzene ring substituents is 2. The SMILES string of the molecule is COc1cc([N+](=O)[O-])ccc1-[n+]1nc(-c2ccc(S(=O)(=O)O)cc2)nn1-c1ccc([N+](=O)[O-])cc1. The van der Waals surface area contributed by atoms with Crippen molar-refractivity contribution in [2.45, 2.75) is 4.90 Å². The summed E-state index contributed by atoms with van der Waals surface area (Å²) in [5, 5.41) is 31.1. The first-order valence-corrected chi connectivity index (χ1v) is 11.1. The Kier molecular flexibility index (Phi) is 5.94. The van der Waals surface area contributed by atoms with Crippen LogP contribution in [0, 0.1) is 20.2 Å². The van der Waals surface area contributed by atoms with Gasteiger partial charge in [0.2, 0.25) is 5.69 Å². The van der Waals surface area contributed by atoms with Gasteiger partial charge in [-0.15, -0.1) is 0 Å². The molecule has 0 saturated heterocycles. The fourth-order valence-corrected chi connectivity index (χ4v) is 3.63. The summed E-state index contributed by atoms with van der Waals surface area (Å²) in [4.78, 5) is 23.3. The summed E-state index contributed by atoms with van der Waals surface area (Å²) in [7, 11) is -3.08. The van der Waals surface area contributed by atoms with Crippen molar-refractivity contribution in [3.63, 3.8) is 0 Å². The topological polar surface area (TPSA) is 184 Å². The second-order valence-electron chi connectivity index (χ2n) is 6.99. The van der Waals surface area contributed by atoms with Gasteiger partial charge in [-0.2, -0.15) is 8.42 Å². The molecule has 15 heteroatoms. The van der Waals surface area contributed by atoms with E-state index in [1.165, 1.54) is 83.4 Å². The number of rotatable bonds is 7. The molecule has 0 bridgehead atoms. The van der Waals surface area contributed by atoms with Crippen LogP contribution < -0.4 is 9.53 Å². The van der Waals surface area contributed by atoms with E-state index in [4.69, 9.17) is 4.74 Å². The van der Waals surface area contributed by atoms with Gasteiger partial charge in [0.15, 0.2) is 5.75 Å². The molecule has 0 radical (unpaired) electrons. The van der Waals surface area contributed by atoms with Crippen LogP contribution in [-0.4, -0.2) is 44.9 Å². The van der Waals surface area contributed by atoms with E-state index in [0.29, 0.717) is 11.3 Å². The van der Waals surface area contributed by atoms with E-state index in [1.807, 2.05) is 0 Å². The van der Waals surface area contributed by atoms with E-state index >= 15 is 0 Å². The molecule has 0 aliphatic carbocycles. The number of hydrogen-bond acceptors (Lipinski definition) is 9. The van der Waals surface area contributed by atoms with Gasteiger partial charge >= 0.3 is 5.82 Å². The van der Waals surface area contributed by atoms with Crippen LogP contribution >= 0.6 is 0 Å². The highest BCUT2D eigenvalue weighted by atomic mass is 32.2. The molecular formula is C20H15N6O8S+. The van der Waals surface area contributed by atoms with Gasteiger partial charge in [0, 0.05) is 29.1 Å². The van der Waals surface area contributed by atoms with Crippen molar-refractivity contribution in [2.75, 3.05) is 7.11 Å². The Balaban J connectivity index is 1.90. The molecule has 0 aliphatic rings.